The van der Waals surface area contributed by atoms with E-state index >= 15 is 0 Å². The van der Waals surface area contributed by atoms with Crippen LogP contribution in [-0.4, -0.2) is 68.8 Å². The van der Waals surface area contributed by atoms with Crippen molar-refractivity contribution in [2.45, 2.75) is 88.8 Å². The van der Waals surface area contributed by atoms with E-state index in [1.807, 2.05) is 0 Å². The molecule has 2 N–H and O–H groups in total. The quantitative estimate of drug-likeness (QED) is 0.106. The Kier molecular flexibility index (Phi) is 13.6. The summed E-state index contributed by atoms with van der Waals surface area (Å²) >= 11 is 0. The highest BCUT2D eigenvalue weighted by molar-refractivity contribution is 5.81. The van der Waals surface area contributed by atoms with Gasteiger partial charge in [-0.2, -0.15) is 30.7 Å². The molecular formula is C30H34F8N2O10. The molecule has 2 atom stereocenters. The summed E-state index contributed by atoms with van der Waals surface area (Å²) in [5.41, 5.74) is -12.9. The number of carbonyl (C=O) groups excluding carboxylic acids is 2. The number of alkyl halides is 6. The van der Waals surface area contributed by atoms with Gasteiger partial charge in [-0.1, -0.05) is 33.8 Å². The topological polar surface area (TPSA) is 179 Å². The molecule has 0 radical (unpaired) electrons. The minimum atomic E-state index is -5.39. The van der Waals surface area contributed by atoms with Gasteiger partial charge >= 0.3 is 30.0 Å². The van der Waals surface area contributed by atoms with Crippen LogP contribution in [0.25, 0.3) is 0 Å². The predicted octanol–water partition coefficient (Wildman–Crippen LogP) is 6.52. The number of nitro groups is 2. The van der Waals surface area contributed by atoms with E-state index in [9.17, 15) is 75.2 Å². The summed E-state index contributed by atoms with van der Waals surface area (Å²) in [6.07, 6.45) is -13.2. The molecule has 20 heteroatoms. The Morgan fingerprint density at radius 1 is 0.700 bits per heavy atom. The number of benzene rings is 2. The number of nitrogens with zero attached hydrogens (tertiary/aromatic N) is 2. The highest BCUT2D eigenvalue weighted by atomic mass is 19.4. The summed E-state index contributed by atoms with van der Waals surface area (Å²) in [4.78, 5) is 43.2. The molecule has 0 aliphatic carbocycles. The Balaban J connectivity index is 0.000000500. The van der Waals surface area contributed by atoms with Crippen molar-refractivity contribution in [3.63, 3.8) is 0 Å². The molecule has 280 valence electrons. The molecule has 0 aromatic heterocycles. The molecule has 12 nitrogen and oxygen atoms in total. The van der Waals surface area contributed by atoms with E-state index in [-0.39, 0.29) is 17.7 Å². The molecule has 0 spiro atoms. The van der Waals surface area contributed by atoms with Crippen molar-refractivity contribution in [3.8, 4) is 0 Å². The highest BCUT2D eigenvalue weighted by Gasteiger charge is 2.64. The van der Waals surface area contributed by atoms with Gasteiger partial charge in [-0.05, 0) is 43.0 Å². The second-order valence-corrected chi connectivity index (χ2v) is 12.1. The van der Waals surface area contributed by atoms with Crippen LogP contribution in [0.2, 0.25) is 0 Å². The van der Waals surface area contributed by atoms with E-state index in [1.165, 1.54) is 27.7 Å². The molecule has 0 fully saturated rings. The summed E-state index contributed by atoms with van der Waals surface area (Å²) in [6.45, 7) is 6.51. The van der Waals surface area contributed by atoms with E-state index < -0.39 is 98.6 Å². The first-order valence-corrected chi connectivity index (χ1v) is 14.3. The van der Waals surface area contributed by atoms with Gasteiger partial charge in [0.2, 0.25) is 5.82 Å². The SMILES string of the molecule is CCOC(=O)C(O)(CC(C)(C)c1cc(F)ccc1[N+](=O)[O-])C(F)(F)F.CCOC(=O)C(O)(CC(C)(C)c1ccc([N+](=O)[O-])c(F)c1)C(F)(F)F. The smallest absolute Gasteiger partial charge is 0.428 e. The highest BCUT2D eigenvalue weighted by Crippen LogP contribution is 2.45. The first-order chi connectivity index (χ1) is 22.5. The minimum absolute atomic E-state index is 0.0532. The Morgan fingerprint density at radius 2 is 1.10 bits per heavy atom. The number of halogens is 8. The number of rotatable bonds is 12. The number of carbonyl (C=O) groups is 2. The van der Waals surface area contributed by atoms with Gasteiger partial charge < -0.3 is 19.7 Å². The summed E-state index contributed by atoms with van der Waals surface area (Å²) in [5.74, 6) is -5.92. The van der Waals surface area contributed by atoms with Crippen LogP contribution in [0.4, 0.5) is 46.5 Å². The zero-order chi connectivity index (χ0) is 39.3. The van der Waals surface area contributed by atoms with Gasteiger partial charge in [0.1, 0.15) is 5.82 Å². The Hall–Kier alpha value is -4.46. The summed E-state index contributed by atoms with van der Waals surface area (Å²) in [5, 5.41) is 41.6. The molecule has 2 rings (SSSR count). The van der Waals surface area contributed by atoms with Gasteiger partial charge in [0, 0.05) is 36.0 Å². The largest absolute Gasteiger partial charge is 0.464 e. The average molecular weight is 735 g/mol. The molecule has 0 aliphatic rings. The van der Waals surface area contributed by atoms with E-state index in [4.69, 9.17) is 0 Å². The predicted molar refractivity (Wildman–Crippen MR) is 157 cm³/mol. The number of nitro benzene ring substituents is 2. The first-order valence-electron chi connectivity index (χ1n) is 14.3. The van der Waals surface area contributed by atoms with Crippen molar-refractivity contribution < 1.29 is 74.2 Å². The Morgan fingerprint density at radius 3 is 1.46 bits per heavy atom. The second kappa shape index (κ2) is 15.6. The first kappa shape index (κ1) is 43.6. The van der Waals surface area contributed by atoms with Gasteiger partial charge in [-0.15, -0.1) is 0 Å². The van der Waals surface area contributed by atoms with Gasteiger partial charge in [0.25, 0.3) is 16.9 Å². The maximum atomic E-state index is 13.8. The van der Waals surface area contributed by atoms with Crippen molar-refractivity contribution in [1.29, 1.82) is 0 Å². The summed E-state index contributed by atoms with van der Waals surface area (Å²) in [7, 11) is 0. The molecule has 50 heavy (non-hydrogen) atoms. The van der Waals surface area contributed by atoms with Crippen LogP contribution in [-0.2, 0) is 29.9 Å². The molecule has 0 saturated carbocycles. The standard InChI is InChI=1S/2C15H17F4NO5/c1-4-25-12(21)14(22,15(17,18)19)8-13(2,3)10-7-9(16)5-6-11(10)20(23)24;1-4-25-12(21)14(22,15(17,18)19)8-13(2,3)9-5-6-11(20(23)24)10(16)7-9/h2*5-7,22H,4,8H2,1-3H3. The van der Waals surface area contributed by atoms with Crippen molar-refractivity contribution in [2.75, 3.05) is 13.2 Å². The third kappa shape index (κ3) is 9.83. The lowest BCUT2D eigenvalue weighted by molar-refractivity contribution is -0.387. The van der Waals surface area contributed by atoms with Crippen LogP contribution in [0.1, 0.15) is 65.5 Å². The lowest BCUT2D eigenvalue weighted by atomic mass is 9.74. The fraction of sp³-hybridized carbons (Fsp3) is 0.533. The molecule has 0 saturated heterocycles. The number of esters is 2. The summed E-state index contributed by atoms with van der Waals surface area (Å²) in [6, 6.07) is 4.90. The molecule has 2 aromatic carbocycles. The van der Waals surface area contributed by atoms with E-state index in [1.54, 1.807) is 0 Å². The molecule has 0 amide bonds. The Labute approximate surface area is 279 Å². The van der Waals surface area contributed by atoms with Gasteiger partial charge in [0.15, 0.2) is 0 Å². The maximum absolute atomic E-state index is 13.8. The lowest BCUT2D eigenvalue weighted by Crippen LogP contribution is -2.56. The molecule has 2 aromatic rings. The molecule has 0 bridgehead atoms. The minimum Gasteiger partial charge on any atom is -0.464 e. The third-order valence-corrected chi connectivity index (χ3v) is 7.37. The van der Waals surface area contributed by atoms with Crippen LogP contribution < -0.4 is 0 Å². The number of aliphatic hydroxyl groups is 2. The summed E-state index contributed by atoms with van der Waals surface area (Å²) < 4.78 is 116. The van der Waals surface area contributed by atoms with Crippen LogP contribution in [0.15, 0.2) is 36.4 Å². The molecule has 0 heterocycles. The second-order valence-electron chi connectivity index (χ2n) is 12.1. The van der Waals surface area contributed by atoms with E-state index in [0.717, 1.165) is 38.1 Å². The van der Waals surface area contributed by atoms with Crippen molar-refractivity contribution in [1.82, 2.24) is 0 Å². The lowest BCUT2D eigenvalue weighted by Gasteiger charge is -2.35. The van der Waals surface area contributed by atoms with Gasteiger partial charge in [0.05, 0.1) is 23.1 Å². The van der Waals surface area contributed by atoms with Crippen LogP contribution in [0.5, 0.6) is 0 Å². The number of hydrogen-bond acceptors (Lipinski definition) is 10. The maximum Gasteiger partial charge on any atom is 0.428 e. The molecule has 0 aliphatic heterocycles. The van der Waals surface area contributed by atoms with E-state index in [2.05, 4.69) is 9.47 Å². The third-order valence-electron chi connectivity index (χ3n) is 7.37. The van der Waals surface area contributed by atoms with Crippen molar-refractivity contribution >= 4 is 23.3 Å². The molecule has 2 unspecified atom stereocenters. The van der Waals surface area contributed by atoms with Crippen LogP contribution in [0, 0.1) is 31.9 Å². The number of hydrogen-bond donors (Lipinski definition) is 2. The fourth-order valence-corrected chi connectivity index (χ4v) is 4.84. The number of ether oxygens (including phenoxy) is 2. The monoisotopic (exact) mass is 734 g/mol. The zero-order valence-electron chi connectivity index (χ0n) is 27.4. The average Bonchev–Trinajstić information content (AvgIpc) is 2.95. The van der Waals surface area contributed by atoms with Crippen molar-refractivity contribution in [2.24, 2.45) is 0 Å². The van der Waals surface area contributed by atoms with E-state index in [0.29, 0.717) is 12.1 Å². The fourth-order valence-electron chi connectivity index (χ4n) is 4.84. The van der Waals surface area contributed by atoms with Crippen LogP contribution in [0.3, 0.4) is 0 Å². The molecular weight excluding hydrogens is 700 g/mol. The van der Waals surface area contributed by atoms with Gasteiger partial charge in [-0.25, -0.2) is 14.0 Å². The zero-order valence-corrected chi connectivity index (χ0v) is 27.4. The van der Waals surface area contributed by atoms with Crippen LogP contribution >= 0.6 is 0 Å². The van der Waals surface area contributed by atoms with Gasteiger partial charge in [-0.3, -0.25) is 20.2 Å². The Bertz CT molecular complexity index is 1580. The normalized spacial score (nSPS) is 14.7. The van der Waals surface area contributed by atoms with Crippen molar-refractivity contribution in [3.05, 3.63) is 79.4 Å².